The summed E-state index contributed by atoms with van der Waals surface area (Å²) in [6.07, 6.45) is 13.7. The van der Waals surface area contributed by atoms with Crippen LogP contribution in [0.4, 0.5) is 0 Å². The molecule has 0 bridgehead atoms. The van der Waals surface area contributed by atoms with Crippen molar-refractivity contribution in [2.45, 2.75) is 26.6 Å². The summed E-state index contributed by atoms with van der Waals surface area (Å²) in [7, 11) is 2.41. The standard InChI is InChI=1S/C15H24B2O2/c1-5-8-10-13(4)19-17-18-12-15(16)14(7-3)11-9-6-2/h5-11,15,17H,2,12,16H2,1,3-4H3/b8-5-,11-9-,13-10+,14-7+. The monoisotopic (exact) mass is 258 g/mol. The van der Waals surface area contributed by atoms with E-state index in [9.17, 15) is 0 Å². The van der Waals surface area contributed by atoms with Gasteiger partial charge in [0.05, 0.1) is 5.76 Å². The summed E-state index contributed by atoms with van der Waals surface area (Å²) in [6, 6.07) is 0. The SMILES string of the molecule is BC(COBO/C(C)=C/C=C\C)C(/C=C\C=C)=C/C. The molecule has 0 aromatic rings. The molecule has 4 heteroatoms. The lowest BCUT2D eigenvalue weighted by Crippen LogP contribution is -2.10. The fourth-order valence-corrected chi connectivity index (χ4v) is 1.46. The highest BCUT2D eigenvalue weighted by Gasteiger charge is 2.06. The van der Waals surface area contributed by atoms with Crippen molar-refractivity contribution in [1.29, 1.82) is 0 Å². The van der Waals surface area contributed by atoms with Gasteiger partial charge in [-0.2, -0.15) is 0 Å². The zero-order chi connectivity index (χ0) is 14.5. The zero-order valence-electron chi connectivity index (χ0n) is 12.6. The molecule has 0 aliphatic heterocycles. The minimum atomic E-state index is 0.284. The Hall–Kier alpha value is -1.41. The molecule has 0 saturated carbocycles. The van der Waals surface area contributed by atoms with E-state index in [0.717, 1.165) is 5.76 Å². The summed E-state index contributed by atoms with van der Waals surface area (Å²) < 4.78 is 10.9. The first kappa shape index (κ1) is 17.6. The molecule has 0 saturated heterocycles. The molecule has 0 fully saturated rings. The van der Waals surface area contributed by atoms with Crippen LogP contribution in [0.1, 0.15) is 20.8 Å². The van der Waals surface area contributed by atoms with Gasteiger partial charge >= 0.3 is 7.69 Å². The van der Waals surface area contributed by atoms with Crippen LogP contribution >= 0.6 is 0 Å². The van der Waals surface area contributed by atoms with Gasteiger partial charge in [0.25, 0.3) is 0 Å². The minimum absolute atomic E-state index is 0.284. The van der Waals surface area contributed by atoms with Crippen LogP contribution in [0.15, 0.2) is 60.4 Å². The van der Waals surface area contributed by atoms with Crippen LogP contribution in [-0.4, -0.2) is 22.1 Å². The van der Waals surface area contributed by atoms with E-state index in [1.807, 2.05) is 45.1 Å². The smallest absolute Gasteiger partial charge is 0.506 e. The predicted molar refractivity (Wildman–Crippen MR) is 88.1 cm³/mol. The average Bonchev–Trinajstić information content (AvgIpc) is 2.42. The van der Waals surface area contributed by atoms with E-state index in [2.05, 4.69) is 26.6 Å². The average molecular weight is 258 g/mol. The first-order chi connectivity index (χ1) is 9.15. The molecular formula is C15H24B2O2. The lowest BCUT2D eigenvalue weighted by Gasteiger charge is -2.13. The van der Waals surface area contributed by atoms with Crippen LogP contribution in [0.2, 0.25) is 5.82 Å². The predicted octanol–water partition coefficient (Wildman–Crippen LogP) is 2.88. The Bertz CT molecular complexity index is 368. The number of hydrogen-bond acceptors (Lipinski definition) is 2. The summed E-state index contributed by atoms with van der Waals surface area (Å²) in [5, 5.41) is 0. The third kappa shape index (κ3) is 9.20. The van der Waals surface area contributed by atoms with Crippen LogP contribution in [-0.2, 0) is 9.31 Å². The topological polar surface area (TPSA) is 18.5 Å². The van der Waals surface area contributed by atoms with Crippen LogP contribution in [0.25, 0.3) is 0 Å². The Morgan fingerprint density at radius 3 is 2.68 bits per heavy atom. The van der Waals surface area contributed by atoms with Gasteiger partial charge in [0.15, 0.2) is 0 Å². The van der Waals surface area contributed by atoms with Crippen LogP contribution < -0.4 is 0 Å². The molecule has 0 aromatic heterocycles. The highest BCUT2D eigenvalue weighted by molar-refractivity contribution is 6.19. The number of hydrogen-bond donors (Lipinski definition) is 0. The molecule has 0 radical (unpaired) electrons. The maximum atomic E-state index is 5.52. The lowest BCUT2D eigenvalue weighted by atomic mass is 9.81. The highest BCUT2D eigenvalue weighted by atomic mass is 16.6. The van der Waals surface area contributed by atoms with Crippen molar-refractivity contribution in [3.05, 3.63) is 60.4 Å². The highest BCUT2D eigenvalue weighted by Crippen LogP contribution is 2.15. The summed E-state index contributed by atoms with van der Waals surface area (Å²) in [5.41, 5.74) is 1.24. The van der Waals surface area contributed by atoms with E-state index in [0.29, 0.717) is 12.4 Å². The normalized spacial score (nSPS) is 14.9. The molecule has 0 N–H and O–H groups in total. The minimum Gasteiger partial charge on any atom is -0.542 e. The molecule has 1 atom stereocenters. The van der Waals surface area contributed by atoms with E-state index < -0.39 is 0 Å². The van der Waals surface area contributed by atoms with Crippen molar-refractivity contribution in [3.8, 4) is 0 Å². The van der Waals surface area contributed by atoms with Gasteiger partial charge in [-0.25, -0.2) is 0 Å². The first-order valence-corrected chi connectivity index (χ1v) is 6.61. The Morgan fingerprint density at radius 2 is 2.11 bits per heavy atom. The van der Waals surface area contributed by atoms with Gasteiger partial charge in [-0.05, 0) is 32.7 Å². The maximum Gasteiger partial charge on any atom is 0.506 e. The quantitative estimate of drug-likeness (QED) is 0.274. The first-order valence-electron chi connectivity index (χ1n) is 6.61. The summed E-state index contributed by atoms with van der Waals surface area (Å²) in [4.78, 5) is 0. The second-order valence-electron chi connectivity index (χ2n) is 4.22. The van der Waals surface area contributed by atoms with Crippen LogP contribution in [0.5, 0.6) is 0 Å². The van der Waals surface area contributed by atoms with Crippen LogP contribution in [0.3, 0.4) is 0 Å². The van der Waals surface area contributed by atoms with Gasteiger partial charge in [-0.3, -0.25) is 0 Å². The second-order valence-corrected chi connectivity index (χ2v) is 4.22. The van der Waals surface area contributed by atoms with E-state index in [4.69, 9.17) is 9.31 Å². The van der Waals surface area contributed by atoms with Crippen molar-refractivity contribution >= 4 is 15.5 Å². The second kappa shape index (κ2) is 11.7. The molecular weight excluding hydrogens is 234 g/mol. The van der Waals surface area contributed by atoms with Gasteiger partial charge in [-0.15, -0.1) is 0 Å². The van der Waals surface area contributed by atoms with Crippen molar-refractivity contribution in [3.63, 3.8) is 0 Å². The molecule has 0 aromatic carbocycles. The van der Waals surface area contributed by atoms with Crippen molar-refractivity contribution in [2.24, 2.45) is 0 Å². The summed E-state index contributed by atoms with van der Waals surface area (Å²) in [6.45, 7) is 10.2. The molecule has 0 aliphatic rings. The van der Waals surface area contributed by atoms with Crippen molar-refractivity contribution in [1.82, 2.24) is 0 Å². The van der Waals surface area contributed by atoms with Crippen molar-refractivity contribution < 1.29 is 9.31 Å². The molecule has 0 aliphatic carbocycles. The van der Waals surface area contributed by atoms with E-state index in [1.54, 1.807) is 6.08 Å². The number of rotatable bonds is 9. The van der Waals surface area contributed by atoms with E-state index >= 15 is 0 Å². The van der Waals surface area contributed by atoms with E-state index in [-0.39, 0.29) is 7.69 Å². The molecule has 0 amide bonds. The third-order valence-electron chi connectivity index (χ3n) is 2.59. The zero-order valence-corrected chi connectivity index (χ0v) is 12.6. The Morgan fingerprint density at radius 1 is 1.37 bits per heavy atom. The summed E-state index contributed by atoms with van der Waals surface area (Å²) >= 11 is 0. The molecule has 2 nitrogen and oxygen atoms in total. The van der Waals surface area contributed by atoms with Gasteiger partial charge in [0, 0.05) is 6.61 Å². The maximum absolute atomic E-state index is 5.52. The largest absolute Gasteiger partial charge is 0.542 e. The molecule has 19 heavy (non-hydrogen) atoms. The molecule has 102 valence electrons. The lowest BCUT2D eigenvalue weighted by molar-refractivity contribution is 0.265. The fourth-order valence-electron chi connectivity index (χ4n) is 1.46. The third-order valence-corrected chi connectivity index (χ3v) is 2.59. The van der Waals surface area contributed by atoms with E-state index in [1.165, 1.54) is 5.57 Å². The Labute approximate surface area is 119 Å². The molecule has 0 heterocycles. The number of allylic oxidation sites excluding steroid dienone is 8. The molecule has 1 unspecified atom stereocenters. The Balaban J connectivity index is 4.00. The molecule has 0 rings (SSSR count). The van der Waals surface area contributed by atoms with Crippen LogP contribution in [0, 0.1) is 0 Å². The van der Waals surface area contributed by atoms with Gasteiger partial charge in [0.2, 0.25) is 0 Å². The Kier molecular flexibility index (Phi) is 10.8. The van der Waals surface area contributed by atoms with Gasteiger partial charge < -0.3 is 9.31 Å². The van der Waals surface area contributed by atoms with Crippen molar-refractivity contribution in [2.75, 3.05) is 6.61 Å². The van der Waals surface area contributed by atoms with Gasteiger partial charge in [-0.1, -0.05) is 48.6 Å². The molecule has 0 spiro atoms. The summed E-state index contributed by atoms with van der Waals surface area (Å²) in [5.74, 6) is 1.19. The van der Waals surface area contributed by atoms with Gasteiger partial charge in [0.1, 0.15) is 7.85 Å². The fraction of sp³-hybridized carbons (Fsp3) is 0.333.